The quantitative estimate of drug-likeness (QED) is 0.381. The molecule has 25 heavy (non-hydrogen) atoms. The van der Waals surface area contributed by atoms with Crippen LogP contribution in [0.25, 0.3) is 0 Å². The number of alkyl halides is 3. The first-order valence-corrected chi connectivity index (χ1v) is 8.81. The van der Waals surface area contributed by atoms with Gasteiger partial charge in [0.15, 0.2) is 14.7 Å². The fourth-order valence-electron chi connectivity index (χ4n) is 2.43. The van der Waals surface area contributed by atoms with Crippen LogP contribution >= 0.6 is 0 Å². The molecule has 0 aliphatic carbocycles. The van der Waals surface area contributed by atoms with E-state index in [1.165, 1.54) is 24.3 Å². The molecule has 0 radical (unpaired) electrons. The summed E-state index contributed by atoms with van der Waals surface area (Å²) in [5, 5.41) is 0. The highest BCUT2D eigenvalue weighted by molar-refractivity contribution is 7.97. The van der Waals surface area contributed by atoms with Crippen molar-refractivity contribution in [2.45, 2.75) is 27.8 Å². The molecule has 3 aromatic rings. The third-order valence-electron chi connectivity index (χ3n) is 3.72. The van der Waals surface area contributed by atoms with Crippen LogP contribution in [0, 0.1) is 12.7 Å². The van der Waals surface area contributed by atoms with Crippen LogP contribution in [0.2, 0.25) is 0 Å². The Morgan fingerprint density at radius 2 is 1.04 bits per heavy atom. The van der Waals surface area contributed by atoms with E-state index < -0.39 is 22.6 Å². The van der Waals surface area contributed by atoms with Crippen molar-refractivity contribution < 1.29 is 17.6 Å². The van der Waals surface area contributed by atoms with E-state index in [4.69, 9.17) is 0 Å². The largest absolute Gasteiger partial charge is 0.416 e. The van der Waals surface area contributed by atoms with Crippen molar-refractivity contribution in [1.82, 2.24) is 0 Å². The van der Waals surface area contributed by atoms with Crippen molar-refractivity contribution in [3.63, 3.8) is 0 Å². The zero-order valence-electron chi connectivity index (χ0n) is 13.3. The van der Waals surface area contributed by atoms with Gasteiger partial charge in [0.05, 0.1) is 16.5 Å². The molecule has 0 nitrogen and oxygen atoms in total. The van der Waals surface area contributed by atoms with Crippen molar-refractivity contribution in [2.24, 2.45) is 0 Å². The van der Waals surface area contributed by atoms with Gasteiger partial charge in [-0.05, 0) is 67.6 Å². The highest BCUT2D eigenvalue weighted by Gasteiger charge is 2.33. The van der Waals surface area contributed by atoms with Gasteiger partial charge >= 0.3 is 6.18 Å². The lowest BCUT2D eigenvalue weighted by molar-refractivity contribution is -0.137. The lowest BCUT2D eigenvalue weighted by Crippen LogP contribution is -2.08. The summed E-state index contributed by atoms with van der Waals surface area (Å²) in [5.74, 6) is -0.344. The van der Waals surface area contributed by atoms with E-state index in [1.54, 1.807) is 12.1 Å². The van der Waals surface area contributed by atoms with Gasteiger partial charge in [0.2, 0.25) is 0 Å². The second kappa shape index (κ2) is 6.92. The molecule has 0 fully saturated rings. The van der Waals surface area contributed by atoms with E-state index in [9.17, 15) is 17.6 Å². The van der Waals surface area contributed by atoms with Crippen LogP contribution in [0.15, 0.2) is 87.5 Å². The van der Waals surface area contributed by atoms with Gasteiger partial charge in [0, 0.05) is 0 Å². The molecule has 0 saturated carbocycles. The van der Waals surface area contributed by atoms with E-state index in [0.29, 0.717) is 0 Å². The van der Waals surface area contributed by atoms with Crippen molar-refractivity contribution in [3.8, 4) is 0 Å². The summed E-state index contributed by atoms with van der Waals surface area (Å²) in [5.41, 5.74) is 0.418. The molecule has 0 heterocycles. The van der Waals surface area contributed by atoms with Gasteiger partial charge in [-0.15, -0.1) is 0 Å². The SMILES string of the molecule is Cc1ccc([S+](c2ccc(F)cc2)c2ccc(C(F)(F)F)cc2)cc1. The van der Waals surface area contributed by atoms with Gasteiger partial charge in [0.25, 0.3) is 0 Å². The summed E-state index contributed by atoms with van der Waals surface area (Å²) in [6.45, 7) is 1.97. The van der Waals surface area contributed by atoms with Crippen LogP contribution in [-0.2, 0) is 17.1 Å². The Morgan fingerprint density at radius 3 is 1.48 bits per heavy atom. The molecule has 3 rings (SSSR count). The molecule has 0 N–H and O–H groups in total. The van der Waals surface area contributed by atoms with Gasteiger partial charge in [-0.25, -0.2) is 4.39 Å². The number of benzene rings is 3. The van der Waals surface area contributed by atoms with Crippen molar-refractivity contribution in [2.75, 3.05) is 0 Å². The predicted octanol–water partition coefficient (Wildman–Crippen LogP) is 6.25. The maximum atomic E-state index is 13.3. The van der Waals surface area contributed by atoms with Gasteiger partial charge < -0.3 is 0 Å². The number of rotatable bonds is 3. The molecule has 0 aromatic heterocycles. The summed E-state index contributed by atoms with van der Waals surface area (Å²) in [6.07, 6.45) is -4.36. The Labute approximate surface area is 146 Å². The monoisotopic (exact) mass is 363 g/mol. The molecule has 0 spiro atoms. The smallest absolute Gasteiger partial charge is 0.207 e. The average molecular weight is 363 g/mol. The Kier molecular flexibility index (Phi) is 4.86. The van der Waals surface area contributed by atoms with E-state index in [0.717, 1.165) is 32.4 Å². The number of halogens is 4. The van der Waals surface area contributed by atoms with Crippen LogP contribution < -0.4 is 0 Å². The second-order valence-corrected chi connectivity index (χ2v) is 7.62. The normalized spacial score (nSPS) is 12.8. The third-order valence-corrected chi connectivity index (χ3v) is 5.95. The third kappa shape index (κ3) is 4.04. The number of aryl methyl sites for hydroxylation is 1. The van der Waals surface area contributed by atoms with Gasteiger partial charge in [-0.3, -0.25) is 0 Å². The second-order valence-electron chi connectivity index (χ2n) is 5.60. The summed E-state index contributed by atoms with van der Waals surface area (Å²) in [4.78, 5) is 2.57. The summed E-state index contributed by atoms with van der Waals surface area (Å²) in [7, 11) is -0.600. The Morgan fingerprint density at radius 1 is 0.640 bits per heavy atom. The lowest BCUT2D eigenvalue weighted by Gasteiger charge is -2.10. The van der Waals surface area contributed by atoms with E-state index >= 15 is 0 Å². The Balaban J connectivity index is 2.07. The minimum Gasteiger partial charge on any atom is -0.207 e. The van der Waals surface area contributed by atoms with E-state index in [-0.39, 0.29) is 5.82 Å². The minimum atomic E-state index is -4.36. The van der Waals surface area contributed by atoms with Crippen LogP contribution in [0.3, 0.4) is 0 Å². The molecular formula is C20H15F4S+. The summed E-state index contributed by atoms with van der Waals surface area (Å²) >= 11 is 0. The number of hydrogen-bond acceptors (Lipinski definition) is 0. The van der Waals surface area contributed by atoms with E-state index in [1.807, 2.05) is 31.2 Å². The molecule has 0 bridgehead atoms. The summed E-state index contributed by atoms with van der Waals surface area (Å²) < 4.78 is 51.7. The highest BCUT2D eigenvalue weighted by Crippen LogP contribution is 2.34. The molecule has 0 aliphatic heterocycles. The van der Waals surface area contributed by atoms with Crippen molar-refractivity contribution in [3.05, 3.63) is 89.7 Å². The maximum absolute atomic E-state index is 13.3. The van der Waals surface area contributed by atoms with Crippen LogP contribution in [0.5, 0.6) is 0 Å². The standard InChI is InChI=1S/C20H15F4S/c1-14-2-8-17(9-3-14)25(19-12-6-16(21)7-13-19)18-10-4-15(5-11-18)20(22,23)24/h2-13H,1H3/q+1. The fourth-order valence-corrected chi connectivity index (χ4v) is 4.47. The van der Waals surface area contributed by atoms with Crippen LogP contribution in [0.4, 0.5) is 17.6 Å². The van der Waals surface area contributed by atoms with Crippen molar-refractivity contribution in [1.29, 1.82) is 0 Å². The maximum Gasteiger partial charge on any atom is 0.416 e. The molecule has 1 atom stereocenters. The number of hydrogen-bond donors (Lipinski definition) is 0. The van der Waals surface area contributed by atoms with E-state index in [2.05, 4.69) is 0 Å². The minimum absolute atomic E-state index is 0.344. The van der Waals surface area contributed by atoms with Crippen molar-refractivity contribution >= 4 is 10.9 Å². The average Bonchev–Trinajstić information content (AvgIpc) is 2.58. The first-order valence-electron chi connectivity index (χ1n) is 7.58. The fraction of sp³-hybridized carbons (Fsp3) is 0.100. The molecule has 5 heteroatoms. The Bertz CT molecular complexity index is 789. The molecule has 0 saturated heterocycles. The lowest BCUT2D eigenvalue weighted by atomic mass is 10.2. The first-order chi connectivity index (χ1) is 11.8. The first kappa shape index (κ1) is 17.5. The molecule has 128 valence electrons. The summed E-state index contributed by atoms with van der Waals surface area (Å²) in [6, 6.07) is 19.1. The molecular weight excluding hydrogens is 348 g/mol. The van der Waals surface area contributed by atoms with Crippen LogP contribution in [-0.4, -0.2) is 0 Å². The topological polar surface area (TPSA) is 0 Å². The Hall–Kier alpha value is -2.27. The molecule has 0 aliphatic rings. The highest BCUT2D eigenvalue weighted by atomic mass is 32.2. The van der Waals surface area contributed by atoms with Gasteiger partial charge in [-0.1, -0.05) is 17.7 Å². The zero-order chi connectivity index (χ0) is 18.0. The predicted molar refractivity (Wildman–Crippen MR) is 91.2 cm³/mol. The van der Waals surface area contributed by atoms with Crippen LogP contribution in [0.1, 0.15) is 11.1 Å². The molecule has 3 aromatic carbocycles. The zero-order valence-corrected chi connectivity index (χ0v) is 14.2. The molecule has 1 unspecified atom stereocenters. The van der Waals surface area contributed by atoms with Gasteiger partial charge in [-0.2, -0.15) is 13.2 Å². The van der Waals surface area contributed by atoms with Gasteiger partial charge in [0.1, 0.15) is 5.82 Å². The molecule has 0 amide bonds.